The van der Waals surface area contributed by atoms with Crippen LogP contribution in [0.15, 0.2) is 18.6 Å². The Morgan fingerprint density at radius 3 is 2.78 bits per heavy atom. The molecule has 0 radical (unpaired) electrons. The van der Waals surface area contributed by atoms with Gasteiger partial charge in [0.25, 0.3) is 0 Å². The fraction of sp³-hybridized carbons (Fsp3) is 0.500. The number of aromatic nitrogens is 3. The van der Waals surface area contributed by atoms with Crippen LogP contribution < -0.4 is 10.6 Å². The van der Waals surface area contributed by atoms with Crippen LogP contribution in [0.25, 0.3) is 5.65 Å². The number of nitrogens with two attached hydrogens (primary N) is 1. The van der Waals surface area contributed by atoms with Gasteiger partial charge in [0.05, 0.1) is 6.20 Å². The lowest BCUT2D eigenvalue weighted by molar-refractivity contribution is 0.270. The number of likely N-dealkylation sites (N-methyl/N-ethyl adjacent to an activating group) is 1. The van der Waals surface area contributed by atoms with E-state index in [0.29, 0.717) is 5.82 Å². The van der Waals surface area contributed by atoms with E-state index in [1.165, 1.54) is 0 Å². The highest BCUT2D eigenvalue weighted by Crippen LogP contribution is 2.20. The summed E-state index contributed by atoms with van der Waals surface area (Å²) in [6.45, 7) is 7.40. The molecule has 3 rings (SSSR count). The van der Waals surface area contributed by atoms with Crippen LogP contribution in [0.3, 0.4) is 0 Å². The lowest BCUT2D eigenvalue weighted by Gasteiger charge is -2.34. The molecule has 3 heterocycles. The Morgan fingerprint density at radius 2 is 2.06 bits per heavy atom. The van der Waals surface area contributed by atoms with E-state index in [1.807, 2.05) is 10.6 Å². The normalized spacial score (nSPS) is 17.5. The molecule has 0 amide bonds. The second-order valence-electron chi connectivity index (χ2n) is 4.57. The molecule has 0 bridgehead atoms. The largest absolute Gasteiger partial charge is 0.382 e. The molecule has 0 unspecified atom stereocenters. The molecule has 0 aliphatic carbocycles. The molecule has 1 aliphatic heterocycles. The molecule has 96 valence electrons. The molecule has 2 N–H and O–H groups in total. The number of anilines is 2. The molecule has 2 aromatic rings. The van der Waals surface area contributed by atoms with Crippen LogP contribution in [-0.2, 0) is 0 Å². The fourth-order valence-electron chi connectivity index (χ4n) is 2.42. The molecule has 0 atom stereocenters. The Balaban J connectivity index is 1.92. The van der Waals surface area contributed by atoms with Crippen molar-refractivity contribution >= 4 is 17.3 Å². The summed E-state index contributed by atoms with van der Waals surface area (Å²) in [4.78, 5) is 13.5. The van der Waals surface area contributed by atoms with Gasteiger partial charge in [-0.1, -0.05) is 6.92 Å². The Bertz CT molecular complexity index is 540. The highest BCUT2D eigenvalue weighted by atomic mass is 15.3. The summed E-state index contributed by atoms with van der Waals surface area (Å²) < 4.78 is 1.93. The quantitative estimate of drug-likeness (QED) is 0.833. The average Bonchev–Trinajstić information content (AvgIpc) is 2.86. The van der Waals surface area contributed by atoms with Crippen molar-refractivity contribution in [3.8, 4) is 0 Å². The summed E-state index contributed by atoms with van der Waals surface area (Å²) in [7, 11) is 0. The van der Waals surface area contributed by atoms with Crippen molar-refractivity contribution in [3.05, 3.63) is 18.6 Å². The average molecular weight is 246 g/mol. The van der Waals surface area contributed by atoms with E-state index in [0.717, 1.165) is 44.2 Å². The summed E-state index contributed by atoms with van der Waals surface area (Å²) in [6, 6.07) is 0. The Labute approximate surface area is 106 Å². The number of nitrogen functional groups attached to an aromatic ring is 1. The predicted octanol–water partition coefficient (Wildman–Crippen LogP) is 0.453. The summed E-state index contributed by atoms with van der Waals surface area (Å²) in [5.74, 6) is 1.43. The van der Waals surface area contributed by atoms with E-state index in [4.69, 9.17) is 5.73 Å². The maximum Gasteiger partial charge on any atom is 0.180 e. The lowest BCUT2D eigenvalue weighted by Crippen LogP contribution is -2.46. The maximum atomic E-state index is 5.85. The molecular weight excluding hydrogens is 228 g/mol. The lowest BCUT2D eigenvalue weighted by atomic mass is 10.3. The summed E-state index contributed by atoms with van der Waals surface area (Å²) >= 11 is 0. The number of fused-ring (bicyclic) bond motifs is 1. The Morgan fingerprint density at radius 1 is 1.28 bits per heavy atom. The molecule has 0 saturated carbocycles. The van der Waals surface area contributed by atoms with Crippen molar-refractivity contribution in [1.82, 2.24) is 19.3 Å². The Hall–Kier alpha value is -1.82. The van der Waals surface area contributed by atoms with E-state index >= 15 is 0 Å². The predicted molar refractivity (Wildman–Crippen MR) is 71.7 cm³/mol. The third kappa shape index (κ3) is 1.88. The third-order valence-electron chi connectivity index (χ3n) is 3.49. The molecule has 6 nitrogen and oxygen atoms in total. The van der Waals surface area contributed by atoms with Crippen molar-refractivity contribution in [2.24, 2.45) is 0 Å². The smallest absolute Gasteiger partial charge is 0.180 e. The highest BCUT2D eigenvalue weighted by molar-refractivity contribution is 5.66. The minimum atomic E-state index is 0.536. The van der Waals surface area contributed by atoms with Crippen molar-refractivity contribution in [2.45, 2.75) is 6.92 Å². The van der Waals surface area contributed by atoms with E-state index in [9.17, 15) is 0 Å². The zero-order valence-electron chi connectivity index (χ0n) is 10.6. The highest BCUT2D eigenvalue weighted by Gasteiger charge is 2.19. The fourth-order valence-corrected chi connectivity index (χ4v) is 2.42. The standard InChI is InChI=1S/C12H18N6/c1-2-16-5-7-17(8-6-16)12-11-14-3-4-18(11)9-10(13)15-12/h3-4,9H,2,5-8,13H2,1H3. The first-order chi connectivity index (χ1) is 8.78. The van der Waals surface area contributed by atoms with Gasteiger partial charge in [0, 0.05) is 38.6 Å². The molecular formula is C12H18N6. The third-order valence-corrected chi connectivity index (χ3v) is 3.49. The molecule has 0 aromatic carbocycles. The van der Waals surface area contributed by atoms with E-state index in [1.54, 1.807) is 12.4 Å². The van der Waals surface area contributed by atoms with Gasteiger partial charge in [-0.25, -0.2) is 9.97 Å². The van der Waals surface area contributed by atoms with Gasteiger partial charge in [0.1, 0.15) is 5.82 Å². The van der Waals surface area contributed by atoms with Gasteiger partial charge in [-0.3, -0.25) is 0 Å². The number of piperazine rings is 1. The monoisotopic (exact) mass is 246 g/mol. The molecule has 18 heavy (non-hydrogen) atoms. The van der Waals surface area contributed by atoms with E-state index in [-0.39, 0.29) is 0 Å². The molecule has 1 aliphatic rings. The number of rotatable bonds is 2. The SMILES string of the molecule is CCN1CCN(c2nc(N)cn3ccnc23)CC1. The van der Waals surface area contributed by atoms with Gasteiger partial charge >= 0.3 is 0 Å². The first-order valence-corrected chi connectivity index (χ1v) is 6.34. The summed E-state index contributed by atoms with van der Waals surface area (Å²) in [5, 5.41) is 0. The van der Waals surface area contributed by atoms with Crippen LogP contribution in [0.5, 0.6) is 0 Å². The Kier molecular flexibility index (Phi) is 2.79. The second-order valence-corrected chi connectivity index (χ2v) is 4.57. The van der Waals surface area contributed by atoms with Gasteiger partial charge < -0.3 is 19.9 Å². The molecule has 1 saturated heterocycles. The van der Waals surface area contributed by atoms with E-state index in [2.05, 4.69) is 26.7 Å². The van der Waals surface area contributed by atoms with Gasteiger partial charge in [-0.05, 0) is 6.54 Å². The molecule has 0 spiro atoms. The minimum Gasteiger partial charge on any atom is -0.382 e. The minimum absolute atomic E-state index is 0.536. The van der Waals surface area contributed by atoms with Crippen molar-refractivity contribution < 1.29 is 0 Å². The molecule has 2 aromatic heterocycles. The number of hydrogen-bond donors (Lipinski definition) is 1. The van der Waals surface area contributed by atoms with Gasteiger partial charge in [0.2, 0.25) is 0 Å². The van der Waals surface area contributed by atoms with Crippen molar-refractivity contribution in [2.75, 3.05) is 43.4 Å². The van der Waals surface area contributed by atoms with Crippen LogP contribution in [0, 0.1) is 0 Å². The van der Waals surface area contributed by atoms with Crippen molar-refractivity contribution in [1.29, 1.82) is 0 Å². The molecule has 6 heteroatoms. The summed E-state index contributed by atoms with van der Waals surface area (Å²) in [6.07, 6.45) is 5.48. The number of imidazole rings is 1. The second kappa shape index (κ2) is 4.45. The van der Waals surface area contributed by atoms with Gasteiger partial charge in [0.15, 0.2) is 11.5 Å². The number of hydrogen-bond acceptors (Lipinski definition) is 5. The number of nitrogens with zero attached hydrogens (tertiary/aromatic N) is 5. The molecule has 1 fully saturated rings. The zero-order chi connectivity index (χ0) is 12.5. The topological polar surface area (TPSA) is 62.7 Å². The van der Waals surface area contributed by atoms with Crippen LogP contribution >= 0.6 is 0 Å². The van der Waals surface area contributed by atoms with Gasteiger partial charge in [-0.2, -0.15) is 0 Å². The van der Waals surface area contributed by atoms with Crippen LogP contribution in [0.4, 0.5) is 11.6 Å². The summed E-state index contributed by atoms with van der Waals surface area (Å²) in [5.41, 5.74) is 6.73. The zero-order valence-corrected chi connectivity index (χ0v) is 10.6. The van der Waals surface area contributed by atoms with Crippen molar-refractivity contribution in [3.63, 3.8) is 0 Å². The first kappa shape index (κ1) is 11.3. The van der Waals surface area contributed by atoms with E-state index < -0.39 is 0 Å². The van der Waals surface area contributed by atoms with Crippen LogP contribution in [0.2, 0.25) is 0 Å². The van der Waals surface area contributed by atoms with Crippen LogP contribution in [0.1, 0.15) is 6.92 Å². The van der Waals surface area contributed by atoms with Crippen LogP contribution in [-0.4, -0.2) is 52.0 Å². The van der Waals surface area contributed by atoms with Gasteiger partial charge in [-0.15, -0.1) is 0 Å². The first-order valence-electron chi connectivity index (χ1n) is 6.34. The maximum absolute atomic E-state index is 5.85.